The molecule has 0 heteroatoms. The molecular weight excluding hydrogens is 492 g/mol. The van der Waals surface area contributed by atoms with Crippen LogP contribution in [-0.2, 0) is 5.41 Å². The van der Waals surface area contributed by atoms with Crippen molar-refractivity contribution in [1.82, 2.24) is 0 Å². The molecule has 0 amide bonds. The first-order valence-corrected chi connectivity index (χ1v) is 14.4. The van der Waals surface area contributed by atoms with Crippen LogP contribution in [0.15, 0.2) is 158 Å². The van der Waals surface area contributed by atoms with Crippen LogP contribution in [0.5, 0.6) is 0 Å². The maximum Gasteiger partial charge on any atom is 0.0714 e. The van der Waals surface area contributed by atoms with Gasteiger partial charge in [-0.2, -0.15) is 0 Å². The Morgan fingerprint density at radius 1 is 0.293 bits per heavy atom. The molecule has 0 fully saturated rings. The quantitative estimate of drug-likeness (QED) is 0.200. The van der Waals surface area contributed by atoms with Gasteiger partial charge in [0.15, 0.2) is 0 Å². The van der Waals surface area contributed by atoms with Gasteiger partial charge in [-0.1, -0.05) is 158 Å². The van der Waals surface area contributed by atoms with Crippen molar-refractivity contribution >= 4 is 43.1 Å². The maximum absolute atomic E-state index is 2.41. The van der Waals surface area contributed by atoms with Crippen molar-refractivity contribution in [3.05, 3.63) is 180 Å². The zero-order chi connectivity index (χ0) is 27.0. The van der Waals surface area contributed by atoms with E-state index in [1.165, 1.54) is 76.5 Å². The van der Waals surface area contributed by atoms with Gasteiger partial charge in [0.05, 0.1) is 5.41 Å². The molecule has 0 heterocycles. The molecule has 0 aliphatic heterocycles. The molecular formula is C41H26. The number of hydrogen-bond acceptors (Lipinski definition) is 0. The van der Waals surface area contributed by atoms with Crippen LogP contribution in [0.25, 0.3) is 54.2 Å². The minimum absolute atomic E-state index is 0.441. The SMILES string of the molecule is c1ccc(C2(c3ccccc3)c3ccc4ccc5ccccc5c4c3-c3c2ccc2ccc4ccccc4c32)cc1. The van der Waals surface area contributed by atoms with E-state index in [1.54, 1.807) is 0 Å². The lowest BCUT2D eigenvalue weighted by molar-refractivity contribution is 0.770. The van der Waals surface area contributed by atoms with Gasteiger partial charge in [0.2, 0.25) is 0 Å². The molecule has 1 aliphatic rings. The predicted molar refractivity (Wildman–Crippen MR) is 174 cm³/mol. The minimum Gasteiger partial charge on any atom is -0.0622 e. The number of fused-ring (bicyclic) bond motifs is 11. The number of rotatable bonds is 2. The van der Waals surface area contributed by atoms with Crippen molar-refractivity contribution in [2.75, 3.05) is 0 Å². The minimum atomic E-state index is -0.441. The van der Waals surface area contributed by atoms with E-state index in [0.717, 1.165) is 0 Å². The molecule has 0 nitrogen and oxygen atoms in total. The van der Waals surface area contributed by atoms with E-state index in [9.17, 15) is 0 Å². The van der Waals surface area contributed by atoms with Crippen molar-refractivity contribution in [3.8, 4) is 11.1 Å². The van der Waals surface area contributed by atoms with Crippen molar-refractivity contribution in [1.29, 1.82) is 0 Å². The second kappa shape index (κ2) is 8.40. The van der Waals surface area contributed by atoms with Crippen molar-refractivity contribution in [2.24, 2.45) is 0 Å². The molecule has 0 radical (unpaired) electrons. The van der Waals surface area contributed by atoms with Crippen molar-refractivity contribution < 1.29 is 0 Å². The number of hydrogen-bond donors (Lipinski definition) is 0. The highest BCUT2D eigenvalue weighted by Crippen LogP contribution is 2.60. The molecule has 41 heavy (non-hydrogen) atoms. The first-order chi connectivity index (χ1) is 20.4. The fourth-order valence-corrected chi connectivity index (χ4v) is 7.65. The van der Waals surface area contributed by atoms with Gasteiger partial charge in [0.25, 0.3) is 0 Å². The molecule has 1 aliphatic carbocycles. The van der Waals surface area contributed by atoms with Gasteiger partial charge in [-0.05, 0) is 76.5 Å². The molecule has 8 aromatic carbocycles. The summed E-state index contributed by atoms with van der Waals surface area (Å²) < 4.78 is 0. The molecule has 0 unspecified atom stereocenters. The summed E-state index contributed by atoms with van der Waals surface area (Å²) in [5.41, 5.74) is 7.59. The molecule has 0 N–H and O–H groups in total. The zero-order valence-corrected chi connectivity index (χ0v) is 22.5. The molecule has 0 saturated carbocycles. The van der Waals surface area contributed by atoms with E-state index in [2.05, 4.69) is 158 Å². The monoisotopic (exact) mass is 518 g/mol. The lowest BCUT2D eigenvalue weighted by Crippen LogP contribution is -2.28. The second-order valence-electron chi connectivity index (χ2n) is 11.2. The van der Waals surface area contributed by atoms with Gasteiger partial charge in [0.1, 0.15) is 0 Å². The highest BCUT2D eigenvalue weighted by molar-refractivity contribution is 6.24. The molecule has 9 rings (SSSR count). The lowest BCUT2D eigenvalue weighted by atomic mass is 9.67. The Hall–Kier alpha value is -5.20. The molecule has 0 aromatic heterocycles. The summed E-state index contributed by atoms with van der Waals surface area (Å²) in [7, 11) is 0. The summed E-state index contributed by atoms with van der Waals surface area (Å²) in [5.74, 6) is 0. The van der Waals surface area contributed by atoms with Crippen LogP contribution in [0.3, 0.4) is 0 Å². The summed E-state index contributed by atoms with van der Waals surface area (Å²) >= 11 is 0. The van der Waals surface area contributed by atoms with Gasteiger partial charge in [-0.25, -0.2) is 0 Å². The summed E-state index contributed by atoms with van der Waals surface area (Å²) in [6, 6.07) is 58.6. The zero-order valence-electron chi connectivity index (χ0n) is 22.5. The molecule has 0 saturated heterocycles. The Morgan fingerprint density at radius 2 is 0.659 bits per heavy atom. The highest BCUT2D eigenvalue weighted by Gasteiger charge is 2.47. The van der Waals surface area contributed by atoms with Gasteiger partial charge >= 0.3 is 0 Å². The summed E-state index contributed by atoms with van der Waals surface area (Å²) in [4.78, 5) is 0. The van der Waals surface area contributed by atoms with Crippen LogP contribution in [0.1, 0.15) is 22.3 Å². The van der Waals surface area contributed by atoms with Gasteiger partial charge in [0, 0.05) is 0 Å². The second-order valence-corrected chi connectivity index (χ2v) is 11.2. The standard InChI is InChI=1S/C41H26/c1-3-13-31(14-4-1)41(32-15-5-2-6-16-32)35-25-23-29-21-19-27-11-7-9-17-33(27)37(29)39(35)40-36(41)26-24-30-22-20-28-12-8-10-18-34(28)38(30)40/h1-26H. The average Bonchev–Trinajstić information content (AvgIpc) is 3.36. The summed E-state index contributed by atoms with van der Waals surface area (Å²) in [6.45, 7) is 0. The average molecular weight is 519 g/mol. The molecule has 190 valence electrons. The van der Waals surface area contributed by atoms with Gasteiger partial charge in [-0.3, -0.25) is 0 Å². The fourth-order valence-electron chi connectivity index (χ4n) is 7.65. The van der Waals surface area contributed by atoms with Crippen LogP contribution in [0.4, 0.5) is 0 Å². The van der Waals surface area contributed by atoms with E-state index in [0.29, 0.717) is 0 Å². The predicted octanol–water partition coefficient (Wildman–Crippen LogP) is 10.7. The van der Waals surface area contributed by atoms with E-state index < -0.39 is 5.41 Å². The lowest BCUT2D eigenvalue weighted by Gasteiger charge is -2.34. The Labute approximate surface area is 239 Å². The van der Waals surface area contributed by atoms with Crippen LogP contribution in [0.2, 0.25) is 0 Å². The van der Waals surface area contributed by atoms with E-state index >= 15 is 0 Å². The Kier molecular flexibility index (Phi) is 4.63. The normalized spacial score (nSPS) is 13.6. The van der Waals surface area contributed by atoms with Gasteiger partial charge < -0.3 is 0 Å². The third-order valence-electron chi connectivity index (χ3n) is 9.29. The van der Waals surface area contributed by atoms with E-state index in [4.69, 9.17) is 0 Å². The first kappa shape index (κ1) is 22.6. The molecule has 0 bridgehead atoms. The van der Waals surface area contributed by atoms with Crippen molar-refractivity contribution in [3.63, 3.8) is 0 Å². The Balaban J connectivity index is 1.61. The van der Waals surface area contributed by atoms with Crippen LogP contribution in [0, 0.1) is 0 Å². The van der Waals surface area contributed by atoms with Crippen LogP contribution >= 0.6 is 0 Å². The third kappa shape index (κ3) is 2.94. The molecule has 0 atom stereocenters. The first-order valence-electron chi connectivity index (χ1n) is 14.4. The highest BCUT2D eigenvalue weighted by atomic mass is 14.5. The molecule has 8 aromatic rings. The smallest absolute Gasteiger partial charge is 0.0622 e. The fraction of sp³-hybridized carbons (Fsp3) is 0.0244. The van der Waals surface area contributed by atoms with Crippen LogP contribution < -0.4 is 0 Å². The Morgan fingerprint density at radius 3 is 1.12 bits per heavy atom. The Bertz CT molecular complexity index is 2130. The topological polar surface area (TPSA) is 0 Å². The summed E-state index contributed by atoms with van der Waals surface area (Å²) in [5, 5.41) is 10.4. The summed E-state index contributed by atoms with van der Waals surface area (Å²) in [6.07, 6.45) is 0. The number of benzene rings is 8. The maximum atomic E-state index is 2.41. The molecule has 0 spiro atoms. The van der Waals surface area contributed by atoms with Gasteiger partial charge in [-0.15, -0.1) is 0 Å². The largest absolute Gasteiger partial charge is 0.0714 e. The van der Waals surface area contributed by atoms with E-state index in [1.807, 2.05) is 0 Å². The van der Waals surface area contributed by atoms with E-state index in [-0.39, 0.29) is 0 Å². The van der Waals surface area contributed by atoms with Crippen molar-refractivity contribution in [2.45, 2.75) is 5.41 Å². The third-order valence-corrected chi connectivity index (χ3v) is 9.29. The van der Waals surface area contributed by atoms with Crippen LogP contribution in [-0.4, -0.2) is 0 Å².